The molecular weight excluding hydrogens is 1260 g/mol. The van der Waals surface area contributed by atoms with E-state index in [2.05, 4.69) is 23.6 Å². The van der Waals surface area contributed by atoms with E-state index in [1.54, 1.807) is 46.0 Å². The third-order valence-electron chi connectivity index (χ3n) is 16.4. The number of fused-ring (bicyclic) bond motifs is 2. The van der Waals surface area contributed by atoms with Gasteiger partial charge in [0.1, 0.15) is 35.1 Å². The topological polar surface area (TPSA) is 256 Å². The average Bonchev–Trinajstić information content (AvgIpc) is 1.64. The number of para-hydroxylation sites is 5. The molecular formula is C77H76N5NaO13S. The van der Waals surface area contributed by atoms with E-state index in [0.717, 1.165) is 46.5 Å². The Morgan fingerprint density at radius 3 is 1.40 bits per heavy atom. The molecule has 0 radical (unpaired) electrons. The van der Waals surface area contributed by atoms with E-state index in [1.165, 1.54) is 13.8 Å². The number of hydrogen-bond acceptors (Lipinski definition) is 13. The molecule has 4 aliphatic rings. The van der Waals surface area contributed by atoms with Crippen LogP contribution < -0.4 is 54.9 Å². The molecule has 0 aromatic heterocycles. The summed E-state index contributed by atoms with van der Waals surface area (Å²) >= 11 is 0. The number of benzene rings is 8. The molecule has 494 valence electrons. The second kappa shape index (κ2) is 38.6. The molecule has 2 saturated heterocycles. The summed E-state index contributed by atoms with van der Waals surface area (Å²) < 4.78 is 25.3. The fraction of sp³-hybridized carbons (Fsp3) is 0.247. The van der Waals surface area contributed by atoms with Gasteiger partial charge in [-0.1, -0.05) is 171 Å². The summed E-state index contributed by atoms with van der Waals surface area (Å²) in [6, 6.07) is 72.8. The molecule has 2 fully saturated rings. The first kappa shape index (κ1) is 76.1. The number of unbranched alkanes of at least 4 members (excludes halogenated alkanes) is 1. The van der Waals surface area contributed by atoms with Crippen molar-refractivity contribution < 1.29 is 90.1 Å². The van der Waals surface area contributed by atoms with E-state index in [9.17, 15) is 47.9 Å². The van der Waals surface area contributed by atoms with Crippen LogP contribution in [0.25, 0.3) is 0 Å². The Morgan fingerprint density at radius 2 is 0.928 bits per heavy atom. The van der Waals surface area contributed by atoms with Crippen LogP contribution in [0, 0.1) is 35.7 Å². The fourth-order valence-corrected chi connectivity index (χ4v) is 11.2. The molecule has 8 aromatic carbocycles. The number of nitrogens with zero attached hydrogens (tertiary/aromatic N) is 3. The summed E-state index contributed by atoms with van der Waals surface area (Å²) in [4.78, 5) is 125. The van der Waals surface area contributed by atoms with E-state index >= 15 is 0 Å². The molecule has 0 saturated carbocycles. The number of nitrogens with one attached hydrogen (secondary N) is 2. The average molecular weight is 1330 g/mol. The predicted octanol–water partition coefficient (Wildman–Crippen LogP) is 8.22. The van der Waals surface area contributed by atoms with Crippen LogP contribution in [0.3, 0.4) is 0 Å². The minimum atomic E-state index is -3.11. The van der Waals surface area contributed by atoms with Crippen LogP contribution in [-0.4, -0.2) is 91.2 Å². The SMILES string of the molecule is CC(=O)C(Cc1[c-]cccc1)C(C)=O.CCCCC1C(=O)CN(c2ccccc2)C1=O.CN1C(=O)C(Cc2ccccc2)C(=O)c2ccccc21.O=C1CCN(c2ccccc2)C(=O)C1Cc1ccccc1.O=C1Nc2ccccc2NC(=O)C1Cc1ccccc1.O=S(=O)=O.[Na+]. The van der Waals surface area contributed by atoms with Gasteiger partial charge in [-0.15, -0.1) is 12.6 Å². The number of carbonyl (C=O) groups is 10. The van der Waals surface area contributed by atoms with Gasteiger partial charge in [-0.2, -0.15) is 35.9 Å². The summed E-state index contributed by atoms with van der Waals surface area (Å²) in [5.41, 5.74) is 8.21. The molecule has 20 heteroatoms. The van der Waals surface area contributed by atoms with Gasteiger partial charge in [-0.3, -0.25) is 47.9 Å². The van der Waals surface area contributed by atoms with Crippen LogP contribution in [0.2, 0.25) is 0 Å². The van der Waals surface area contributed by atoms with Gasteiger partial charge in [0.05, 0.1) is 35.4 Å². The summed E-state index contributed by atoms with van der Waals surface area (Å²) in [7, 11) is -1.38. The van der Waals surface area contributed by atoms with Crippen LogP contribution in [-0.2, 0) is 79.4 Å². The van der Waals surface area contributed by atoms with Crippen molar-refractivity contribution in [3.05, 3.63) is 258 Å². The Morgan fingerprint density at radius 1 is 0.505 bits per heavy atom. The number of rotatable bonds is 15. The van der Waals surface area contributed by atoms with Gasteiger partial charge < -0.3 is 25.3 Å². The van der Waals surface area contributed by atoms with Gasteiger partial charge in [-0.25, -0.2) is 0 Å². The first-order chi connectivity index (χ1) is 46.3. The molecule has 0 spiro atoms. The van der Waals surface area contributed by atoms with Crippen LogP contribution in [0.4, 0.5) is 28.4 Å². The molecule has 0 aliphatic carbocycles. The second-order valence-electron chi connectivity index (χ2n) is 23.1. The molecule has 0 bridgehead atoms. The summed E-state index contributed by atoms with van der Waals surface area (Å²) in [5.74, 6) is -3.69. The molecule has 3 atom stereocenters. The molecule has 97 heavy (non-hydrogen) atoms. The monoisotopic (exact) mass is 1330 g/mol. The summed E-state index contributed by atoms with van der Waals surface area (Å²) in [6.07, 6.45) is 4.87. The largest absolute Gasteiger partial charge is 1.00 e. The maximum Gasteiger partial charge on any atom is 1.00 e. The van der Waals surface area contributed by atoms with Crippen molar-refractivity contribution in [2.75, 3.05) is 45.5 Å². The van der Waals surface area contributed by atoms with Crippen LogP contribution in [0.1, 0.15) is 79.1 Å². The quantitative estimate of drug-likeness (QED) is 0.0558. The Hall–Kier alpha value is -9.92. The minimum Gasteiger partial charge on any atom is -0.324 e. The van der Waals surface area contributed by atoms with E-state index in [1.807, 2.05) is 200 Å². The standard InChI is InChI=1S/C18H17NO2.C17H15NO2.C16H14N2O2.C14H17NO2.C12H13O2.Na.O3S/c20-17-11-12-19(15-9-5-2-6-10-15)18(21)16(17)13-14-7-3-1-4-8-14;1-18-15-10-6-5-9-13(15)16(19)14(17(18)20)11-12-7-3-2-4-8-12;19-15-12(10-11-6-2-1-3-7-11)16(20)18-14-9-5-4-8-13(14)17-15;1-2-3-9-12-13(16)10-15(14(12)17)11-7-5-4-6-8-11;1-9(13)12(10(2)14)8-11-6-4-3-5-7-11;;1-4(2)3/h1-10,16H,11-13H2;2-10,14H,11H2,1H3;1-9,12H,10H2,(H,17,19)(H,18,20);4-8,12H,2-3,9-10H2,1H3;3-6,12H,8H2,1-2H3;;/q;;;;-1;+1;. The van der Waals surface area contributed by atoms with Crippen molar-refractivity contribution in [3.8, 4) is 0 Å². The fourth-order valence-electron chi connectivity index (χ4n) is 11.2. The Kier molecular flexibility index (Phi) is 30.3. The molecule has 4 heterocycles. The van der Waals surface area contributed by atoms with Crippen molar-refractivity contribution in [1.82, 2.24) is 0 Å². The molecule has 5 amide bonds. The number of Topliss-reactive ketones (excluding diaryl/α,β-unsaturated/α-hetero) is 5. The van der Waals surface area contributed by atoms with Gasteiger partial charge >= 0.3 is 40.2 Å². The van der Waals surface area contributed by atoms with Crippen LogP contribution >= 0.6 is 0 Å². The normalized spacial score (nSPS) is 16.1. The van der Waals surface area contributed by atoms with Crippen molar-refractivity contribution >= 4 is 97.5 Å². The van der Waals surface area contributed by atoms with Gasteiger partial charge in [0, 0.05) is 37.0 Å². The third-order valence-corrected chi connectivity index (χ3v) is 16.4. The summed E-state index contributed by atoms with van der Waals surface area (Å²) in [6.45, 7) is 5.69. The molecule has 12 rings (SSSR count). The number of amides is 5. The zero-order valence-electron chi connectivity index (χ0n) is 54.9. The Bertz CT molecular complexity index is 4060. The number of ketones is 5. The predicted molar refractivity (Wildman–Crippen MR) is 368 cm³/mol. The van der Waals surface area contributed by atoms with Crippen molar-refractivity contribution in [2.45, 2.75) is 72.1 Å². The van der Waals surface area contributed by atoms with Crippen molar-refractivity contribution in [1.29, 1.82) is 0 Å². The first-order valence-electron chi connectivity index (χ1n) is 31.5. The van der Waals surface area contributed by atoms with Crippen LogP contribution in [0.15, 0.2) is 224 Å². The van der Waals surface area contributed by atoms with Crippen molar-refractivity contribution in [2.24, 2.45) is 29.6 Å². The Balaban J connectivity index is 0.000000189. The number of carbonyl (C=O) groups excluding carboxylic acids is 10. The number of piperidine rings is 1. The zero-order chi connectivity index (χ0) is 69.1. The van der Waals surface area contributed by atoms with Crippen LogP contribution in [0.5, 0.6) is 0 Å². The molecule has 18 nitrogen and oxygen atoms in total. The van der Waals surface area contributed by atoms with E-state index < -0.39 is 40.2 Å². The molecule has 4 aliphatic heterocycles. The maximum absolute atomic E-state index is 12.6. The van der Waals surface area contributed by atoms with E-state index in [-0.39, 0.29) is 94.6 Å². The van der Waals surface area contributed by atoms with Gasteiger partial charge in [0.25, 0.3) is 0 Å². The second-order valence-corrected chi connectivity index (χ2v) is 23.5. The van der Waals surface area contributed by atoms with Gasteiger partial charge in [0.15, 0.2) is 11.6 Å². The maximum atomic E-state index is 12.6. The molecule has 2 N–H and O–H groups in total. The zero-order valence-corrected chi connectivity index (χ0v) is 57.7. The Labute approximate surface area is 589 Å². The molecule has 3 unspecified atom stereocenters. The smallest absolute Gasteiger partial charge is 0.324 e. The minimum absolute atomic E-state index is 0. The molecule has 8 aromatic rings. The number of anilines is 5. The van der Waals surface area contributed by atoms with Crippen molar-refractivity contribution in [3.63, 3.8) is 0 Å². The van der Waals surface area contributed by atoms with Gasteiger partial charge in [0.2, 0.25) is 29.5 Å². The summed E-state index contributed by atoms with van der Waals surface area (Å²) in [5, 5.41) is 5.60. The number of hydrogen-bond donors (Lipinski definition) is 2. The third kappa shape index (κ3) is 22.3. The van der Waals surface area contributed by atoms with E-state index in [4.69, 9.17) is 12.6 Å². The first-order valence-corrected chi connectivity index (χ1v) is 32.5. The van der Waals surface area contributed by atoms with Gasteiger partial charge in [-0.05, 0) is 111 Å². The van der Waals surface area contributed by atoms with E-state index in [0.29, 0.717) is 67.7 Å².